The van der Waals surface area contributed by atoms with Crippen LogP contribution in [0.15, 0.2) is 147 Å². The van der Waals surface area contributed by atoms with E-state index in [0.29, 0.717) is 47.5 Å². The van der Waals surface area contributed by atoms with Gasteiger partial charge in [0.15, 0.2) is 17.5 Å². The van der Waals surface area contributed by atoms with E-state index in [1.807, 2.05) is 119 Å². The molecule has 0 spiro atoms. The molecule has 3 aliphatic heterocycles. The first-order chi connectivity index (χ1) is 50.5. The fourth-order valence-corrected chi connectivity index (χ4v) is 14.1. The molecule has 3 saturated heterocycles. The fourth-order valence-electron chi connectivity index (χ4n) is 14.1. The van der Waals surface area contributed by atoms with Crippen molar-refractivity contribution in [2.75, 3.05) is 70.3 Å². The summed E-state index contributed by atoms with van der Waals surface area (Å²) in [6.45, 7) is 12.1. The Balaban J connectivity index is 0.000000120. The molecule has 0 saturated carbocycles. The summed E-state index contributed by atoms with van der Waals surface area (Å²) < 4.78 is 0. The molecule has 0 atom stereocenters. The number of carbonyl (C=O) groups is 2. The smallest absolute Gasteiger partial charge is 0.224 e. The highest BCUT2D eigenvalue weighted by Gasteiger charge is 2.24. The quantitative estimate of drug-likeness (QED) is 0.0488. The van der Waals surface area contributed by atoms with Gasteiger partial charge in [-0.3, -0.25) is 54.8 Å². The molecular formula is C77H78N24O2. The van der Waals surface area contributed by atoms with Crippen molar-refractivity contribution < 1.29 is 9.59 Å². The number of nitrogens with one attached hydrogen (secondary N) is 8. The number of hydrogen-bond acceptors (Lipinski definition) is 18. The summed E-state index contributed by atoms with van der Waals surface area (Å²) in [6, 6.07) is 24.2. The van der Waals surface area contributed by atoms with Crippen molar-refractivity contribution in [2.45, 2.75) is 91.4 Å². The van der Waals surface area contributed by atoms with Gasteiger partial charge >= 0.3 is 0 Å². The number of aromatic amines is 6. The van der Waals surface area contributed by atoms with Crippen molar-refractivity contribution >= 4 is 112 Å². The number of amides is 2. The van der Waals surface area contributed by atoms with Crippen LogP contribution in [-0.2, 0) is 9.59 Å². The number of carbonyl (C=O) groups excluding carboxylic acids is 2. The molecule has 12 aromatic heterocycles. The number of fused-ring (bicyclic) bond motifs is 6. The summed E-state index contributed by atoms with van der Waals surface area (Å²) in [7, 11) is 0. The lowest BCUT2D eigenvalue weighted by Gasteiger charge is -2.28. The number of H-pyrrole nitrogens is 6. The van der Waals surface area contributed by atoms with Crippen LogP contribution in [0.4, 0.5) is 34.1 Å². The fraction of sp³-hybridized carbons (Fsp3) is 0.273. The van der Waals surface area contributed by atoms with Crippen molar-refractivity contribution in [1.82, 2.24) is 90.4 Å². The van der Waals surface area contributed by atoms with Crippen molar-refractivity contribution in [1.29, 1.82) is 0 Å². The van der Waals surface area contributed by atoms with Gasteiger partial charge in [-0.05, 0) is 135 Å². The van der Waals surface area contributed by atoms with Crippen LogP contribution in [0.5, 0.6) is 0 Å². The predicted octanol–water partition coefficient (Wildman–Crippen LogP) is 14.6. The van der Waals surface area contributed by atoms with Crippen LogP contribution in [0.1, 0.15) is 91.4 Å². The van der Waals surface area contributed by atoms with Crippen LogP contribution in [0, 0.1) is 5.92 Å². The minimum absolute atomic E-state index is 0.00943. The topological polar surface area (TPSA) is 343 Å². The number of rotatable bonds is 14. The molecule has 0 aliphatic carbocycles. The Morgan fingerprint density at radius 1 is 0.408 bits per heavy atom. The summed E-state index contributed by atoms with van der Waals surface area (Å²) in [5, 5.41) is 31.9. The van der Waals surface area contributed by atoms with Gasteiger partial charge in [0.25, 0.3) is 0 Å². The molecule has 15 aromatic rings. The van der Waals surface area contributed by atoms with E-state index in [1.165, 1.54) is 57.8 Å². The minimum Gasteiger partial charge on any atom is -0.397 e. The number of nitrogens with two attached hydrogens (primary N) is 1. The standard InChI is InChI=1S/C28H30N8O.C26H26N8O.C23H22N8/c1-17(2)10-25(37)31-20-11-19(13-29-14-20)18-6-7-22-21(12-18)26(35-34-22)28-32-23-15-30-16-24(27(23)33-28)36-8-4-3-5-9-36;1-2-23(35)29-18-10-17(12-27-13-18)16-6-7-20-19(11-16)24(33-32-20)26-30-21-14-28-15-22(25(21)31-26)34-8-4-3-5-9-34;24-16-8-15(10-25-11-16)14-4-5-18-17(9-14)21(30-29-18)23-27-19-12-26-13-20(22(19)28-23)31-6-2-1-3-7-31/h6-7,11-17H,3-5,8-10H2,1-2H3,(H,31,37)(H,32,33)(H,34,35);6-7,10-15H,2-5,8-9H2,1H3,(H,29,35)(H,30,31)(H,32,33);4-5,8-13H,1-3,6-7,24H2,(H,27,28)(H,29,30). The predicted molar refractivity (Wildman–Crippen MR) is 406 cm³/mol. The van der Waals surface area contributed by atoms with Gasteiger partial charge in [-0.15, -0.1) is 0 Å². The SMILES string of the molecule is CC(C)CC(=O)Nc1cncc(-c2ccc3[nH]nc(-c4nc5c(N6CCCCC6)cncc5[nH]4)c3c2)c1.CCC(=O)Nc1cncc(-c2ccc3[nH]nc(-c4nc5c(N6CCCCC6)cncc5[nH]4)c3c2)c1.Nc1cncc(-c2ccc3[nH]nc(-c4nc5c(N6CCCCC6)cncc5[nH]4)c3c2)c1. The number of hydrogen-bond donors (Lipinski definition) is 9. The summed E-state index contributed by atoms with van der Waals surface area (Å²) in [6.07, 6.45) is 33.5. The second-order valence-electron chi connectivity index (χ2n) is 27.0. The molecule has 26 nitrogen and oxygen atoms in total. The summed E-state index contributed by atoms with van der Waals surface area (Å²) >= 11 is 0. The molecule has 26 heteroatoms. The molecule has 18 rings (SSSR count). The number of imidazole rings is 3. The minimum atomic E-state index is -0.0418. The van der Waals surface area contributed by atoms with Crippen LogP contribution >= 0.6 is 0 Å². The van der Waals surface area contributed by atoms with Gasteiger partial charge in [0.2, 0.25) is 11.8 Å². The Hall–Kier alpha value is -12.5. The van der Waals surface area contributed by atoms with E-state index < -0.39 is 0 Å². The maximum Gasteiger partial charge on any atom is 0.224 e. The number of pyridine rings is 6. The van der Waals surface area contributed by atoms with Gasteiger partial charge in [0, 0.05) is 110 Å². The van der Waals surface area contributed by atoms with E-state index >= 15 is 0 Å². The third-order valence-corrected chi connectivity index (χ3v) is 19.3. The highest BCUT2D eigenvalue weighted by Crippen LogP contribution is 2.38. The molecule has 15 heterocycles. The highest BCUT2D eigenvalue weighted by molar-refractivity contribution is 6.01. The third kappa shape index (κ3) is 13.7. The second-order valence-corrected chi connectivity index (χ2v) is 27.0. The molecule has 3 aromatic carbocycles. The van der Waals surface area contributed by atoms with Crippen LogP contribution in [-0.4, -0.2) is 141 Å². The number of aromatic nitrogens is 18. The molecule has 103 heavy (non-hydrogen) atoms. The second kappa shape index (κ2) is 28.6. The Bertz CT molecular complexity index is 5590. The summed E-state index contributed by atoms with van der Waals surface area (Å²) in [5.41, 5.74) is 27.5. The number of anilines is 6. The molecule has 2 amide bonds. The number of piperidine rings is 3. The van der Waals surface area contributed by atoms with Crippen molar-refractivity contribution in [3.8, 4) is 67.9 Å². The largest absolute Gasteiger partial charge is 0.397 e. The van der Waals surface area contributed by atoms with Gasteiger partial charge in [-0.25, -0.2) is 15.0 Å². The van der Waals surface area contributed by atoms with Crippen molar-refractivity contribution in [3.05, 3.63) is 147 Å². The molecule has 0 radical (unpaired) electrons. The van der Waals surface area contributed by atoms with E-state index in [0.717, 1.165) is 178 Å². The lowest BCUT2D eigenvalue weighted by Crippen LogP contribution is -2.29. The zero-order valence-corrected chi connectivity index (χ0v) is 57.6. The van der Waals surface area contributed by atoms with Gasteiger partial charge in [0.05, 0.1) is 117 Å². The first kappa shape index (κ1) is 65.2. The zero-order valence-electron chi connectivity index (χ0n) is 57.6. The Morgan fingerprint density at radius 2 is 0.757 bits per heavy atom. The average molecular weight is 1370 g/mol. The van der Waals surface area contributed by atoms with Gasteiger partial charge < -0.3 is 46.0 Å². The molecule has 3 aliphatic rings. The van der Waals surface area contributed by atoms with Crippen molar-refractivity contribution in [2.24, 2.45) is 5.92 Å². The lowest BCUT2D eigenvalue weighted by atomic mass is 10.0. The summed E-state index contributed by atoms with van der Waals surface area (Å²) in [4.78, 5) is 82.6. The third-order valence-electron chi connectivity index (χ3n) is 19.3. The maximum atomic E-state index is 12.2. The first-order valence-electron chi connectivity index (χ1n) is 35.4. The van der Waals surface area contributed by atoms with Crippen LogP contribution in [0.25, 0.3) is 134 Å². The van der Waals surface area contributed by atoms with Crippen LogP contribution in [0.2, 0.25) is 0 Å². The highest BCUT2D eigenvalue weighted by atomic mass is 16.2. The molecule has 10 N–H and O–H groups in total. The van der Waals surface area contributed by atoms with E-state index in [1.54, 1.807) is 31.0 Å². The van der Waals surface area contributed by atoms with E-state index in [9.17, 15) is 9.59 Å². The van der Waals surface area contributed by atoms with E-state index in [4.69, 9.17) is 20.7 Å². The Labute approximate surface area is 591 Å². The number of benzene rings is 3. The maximum absolute atomic E-state index is 12.2. The monoisotopic (exact) mass is 1370 g/mol. The molecule has 3 fully saturated rings. The average Bonchev–Trinajstić information content (AvgIpc) is 1.64. The molecule has 0 unspecified atom stereocenters. The molecule has 518 valence electrons. The number of nitrogens with zero attached hydrogens (tertiary/aromatic N) is 15. The number of nitrogen functional groups attached to an aromatic ring is 1. The Kier molecular flexibility index (Phi) is 18.1. The van der Waals surface area contributed by atoms with Crippen LogP contribution in [0.3, 0.4) is 0 Å². The molecule has 0 bridgehead atoms. The van der Waals surface area contributed by atoms with Crippen molar-refractivity contribution in [3.63, 3.8) is 0 Å². The van der Waals surface area contributed by atoms with Crippen LogP contribution < -0.4 is 31.1 Å². The Morgan fingerprint density at radius 3 is 1.12 bits per heavy atom. The first-order valence-corrected chi connectivity index (χ1v) is 35.4. The summed E-state index contributed by atoms with van der Waals surface area (Å²) in [5.74, 6) is 2.39. The zero-order chi connectivity index (χ0) is 69.9. The van der Waals surface area contributed by atoms with Gasteiger partial charge in [-0.1, -0.05) is 39.0 Å². The normalized spacial score (nSPS) is 14.2. The van der Waals surface area contributed by atoms with E-state index in [-0.39, 0.29) is 11.8 Å². The lowest BCUT2D eigenvalue weighted by molar-refractivity contribution is -0.117. The van der Waals surface area contributed by atoms with Gasteiger partial charge in [0.1, 0.15) is 33.6 Å². The van der Waals surface area contributed by atoms with Gasteiger partial charge in [-0.2, -0.15) is 15.3 Å². The van der Waals surface area contributed by atoms with E-state index in [2.05, 4.69) is 119 Å². The molecular weight excluding hydrogens is 1290 g/mol.